The van der Waals surface area contributed by atoms with E-state index in [2.05, 4.69) is 16.9 Å². The van der Waals surface area contributed by atoms with Crippen LogP contribution in [-0.4, -0.2) is 27.0 Å². The first kappa shape index (κ1) is 20.1. The summed E-state index contributed by atoms with van der Waals surface area (Å²) in [7, 11) is 0. The molecular formula is C25H33N3O2. The van der Waals surface area contributed by atoms with E-state index in [9.17, 15) is 9.90 Å². The molecule has 5 rings (SSSR count). The minimum atomic E-state index is -0.0736. The van der Waals surface area contributed by atoms with Crippen LogP contribution >= 0.6 is 0 Å². The highest BCUT2D eigenvalue weighted by molar-refractivity contribution is 5.84. The maximum atomic E-state index is 13.3. The van der Waals surface area contributed by atoms with E-state index in [1.807, 2.05) is 6.07 Å². The number of fused-ring (bicyclic) bond motifs is 5. The van der Waals surface area contributed by atoms with E-state index in [1.165, 1.54) is 44.7 Å². The molecule has 4 aliphatic carbocycles. The maximum absolute atomic E-state index is 13.3. The molecule has 4 saturated carbocycles. The average molecular weight is 408 g/mol. The number of aliphatic hydroxyl groups excluding tert-OH is 1. The van der Waals surface area contributed by atoms with Gasteiger partial charge in [0.2, 0.25) is 0 Å². The molecule has 0 spiro atoms. The van der Waals surface area contributed by atoms with Crippen LogP contribution in [0.3, 0.4) is 0 Å². The summed E-state index contributed by atoms with van der Waals surface area (Å²) in [6.07, 6.45) is 13.7. The Morgan fingerprint density at radius 3 is 2.70 bits per heavy atom. The van der Waals surface area contributed by atoms with Crippen LogP contribution in [0.25, 0.3) is 0 Å². The van der Waals surface area contributed by atoms with Gasteiger partial charge in [0.25, 0.3) is 0 Å². The monoisotopic (exact) mass is 407 g/mol. The SMILES string of the molecule is C[C@]12CC[C@H]3[C@@H](CC[C@@H]4C[C@H](O)CC[C@@H]43)[C@@H]1CC[C@@H]2C(=O)Cc1cnc(C#N)cn1. The summed E-state index contributed by atoms with van der Waals surface area (Å²) in [5.74, 6) is 4.23. The molecule has 8 atom stereocenters. The predicted octanol–water partition coefficient (Wildman–Crippen LogP) is 4.09. The highest BCUT2D eigenvalue weighted by atomic mass is 16.3. The van der Waals surface area contributed by atoms with Crippen LogP contribution < -0.4 is 0 Å². The maximum Gasteiger partial charge on any atom is 0.158 e. The van der Waals surface area contributed by atoms with Gasteiger partial charge in [-0.05, 0) is 92.8 Å². The molecule has 4 aliphatic rings. The quantitative estimate of drug-likeness (QED) is 0.815. The summed E-state index contributed by atoms with van der Waals surface area (Å²) < 4.78 is 0. The Kier molecular flexibility index (Phi) is 5.17. The van der Waals surface area contributed by atoms with Crippen molar-refractivity contribution in [3.05, 3.63) is 23.8 Å². The molecule has 1 aromatic rings. The lowest BCUT2D eigenvalue weighted by atomic mass is 9.49. The summed E-state index contributed by atoms with van der Waals surface area (Å²) >= 11 is 0. The highest BCUT2D eigenvalue weighted by Gasteiger charge is 2.58. The molecule has 160 valence electrons. The van der Waals surface area contributed by atoms with Gasteiger partial charge in [-0.3, -0.25) is 9.78 Å². The molecule has 0 unspecified atom stereocenters. The number of ketones is 1. The number of nitrogens with zero attached hydrogens (tertiary/aromatic N) is 3. The Balaban J connectivity index is 1.30. The second-order valence-corrected chi connectivity index (χ2v) is 10.7. The van der Waals surface area contributed by atoms with Crippen LogP contribution in [0.5, 0.6) is 0 Å². The highest BCUT2D eigenvalue weighted by Crippen LogP contribution is 2.64. The topological polar surface area (TPSA) is 86.9 Å². The van der Waals surface area contributed by atoms with E-state index in [-0.39, 0.29) is 17.4 Å². The van der Waals surface area contributed by atoms with Gasteiger partial charge in [-0.15, -0.1) is 0 Å². The van der Waals surface area contributed by atoms with Crippen molar-refractivity contribution in [3.8, 4) is 6.07 Å². The third kappa shape index (κ3) is 3.28. The normalized spacial score (nSPS) is 42.5. The number of rotatable bonds is 3. The number of nitriles is 1. The van der Waals surface area contributed by atoms with Gasteiger partial charge in [0.15, 0.2) is 5.69 Å². The molecule has 0 aromatic carbocycles. The number of aromatic nitrogens is 2. The number of carbonyl (C=O) groups excluding carboxylic acids is 1. The summed E-state index contributed by atoms with van der Waals surface area (Å²) in [5, 5.41) is 19.0. The van der Waals surface area contributed by atoms with Crippen molar-refractivity contribution >= 4 is 5.78 Å². The zero-order valence-electron chi connectivity index (χ0n) is 18.0. The van der Waals surface area contributed by atoms with Crippen molar-refractivity contribution in [1.29, 1.82) is 5.26 Å². The number of hydrogen-bond acceptors (Lipinski definition) is 5. The fraction of sp³-hybridized carbons (Fsp3) is 0.760. The summed E-state index contributed by atoms with van der Waals surface area (Å²) in [6.45, 7) is 2.39. The van der Waals surface area contributed by atoms with E-state index in [1.54, 1.807) is 6.20 Å². The van der Waals surface area contributed by atoms with E-state index in [0.717, 1.165) is 42.9 Å². The van der Waals surface area contributed by atoms with Crippen molar-refractivity contribution in [2.24, 2.45) is 40.9 Å². The largest absolute Gasteiger partial charge is 0.393 e. The molecule has 4 fully saturated rings. The van der Waals surface area contributed by atoms with Crippen molar-refractivity contribution in [2.75, 3.05) is 0 Å². The van der Waals surface area contributed by atoms with Gasteiger partial charge in [-0.1, -0.05) is 6.92 Å². The summed E-state index contributed by atoms with van der Waals surface area (Å²) in [5.41, 5.74) is 1.10. The first-order chi connectivity index (χ1) is 14.5. The number of Topliss-reactive ketones (excluding diaryl/α,β-unsaturated/α-hetero) is 1. The van der Waals surface area contributed by atoms with E-state index >= 15 is 0 Å². The van der Waals surface area contributed by atoms with Gasteiger partial charge < -0.3 is 5.11 Å². The molecule has 5 heteroatoms. The van der Waals surface area contributed by atoms with Gasteiger partial charge >= 0.3 is 0 Å². The minimum absolute atomic E-state index is 0.0736. The Labute approximate surface area is 179 Å². The summed E-state index contributed by atoms with van der Waals surface area (Å²) in [6, 6.07) is 1.98. The van der Waals surface area contributed by atoms with Crippen LogP contribution in [0.4, 0.5) is 0 Å². The van der Waals surface area contributed by atoms with Crippen molar-refractivity contribution in [3.63, 3.8) is 0 Å². The Bertz CT molecular complexity index is 847. The van der Waals surface area contributed by atoms with Crippen LogP contribution in [0.15, 0.2) is 12.4 Å². The van der Waals surface area contributed by atoms with E-state index < -0.39 is 0 Å². The first-order valence-corrected chi connectivity index (χ1v) is 11.9. The second-order valence-electron chi connectivity index (χ2n) is 10.7. The van der Waals surface area contributed by atoms with Crippen molar-refractivity contribution in [2.45, 2.75) is 77.2 Å². The molecule has 1 aromatic heterocycles. The second kappa shape index (κ2) is 7.71. The third-order valence-corrected chi connectivity index (χ3v) is 9.49. The molecule has 0 saturated heterocycles. The smallest absolute Gasteiger partial charge is 0.158 e. The molecule has 0 amide bonds. The van der Waals surface area contributed by atoms with Crippen LogP contribution in [0.2, 0.25) is 0 Å². The van der Waals surface area contributed by atoms with Gasteiger partial charge in [0, 0.05) is 5.92 Å². The Morgan fingerprint density at radius 1 is 1.10 bits per heavy atom. The van der Waals surface area contributed by atoms with Crippen molar-refractivity contribution in [1.82, 2.24) is 9.97 Å². The fourth-order valence-electron chi connectivity index (χ4n) is 8.16. The molecule has 30 heavy (non-hydrogen) atoms. The van der Waals surface area contributed by atoms with Gasteiger partial charge in [0.1, 0.15) is 11.9 Å². The first-order valence-electron chi connectivity index (χ1n) is 11.9. The lowest BCUT2D eigenvalue weighted by Crippen LogP contribution is -2.49. The van der Waals surface area contributed by atoms with Gasteiger partial charge in [0.05, 0.1) is 30.6 Å². The average Bonchev–Trinajstić information content (AvgIpc) is 3.11. The Morgan fingerprint density at radius 2 is 1.93 bits per heavy atom. The number of aliphatic hydroxyl groups is 1. The van der Waals surface area contributed by atoms with E-state index in [4.69, 9.17) is 5.26 Å². The standard InChI is InChI=1S/C25H33N3O2/c1-25-9-8-20-19-5-3-18(29)10-15(19)2-4-21(20)22(25)6-7-23(25)24(30)11-16-13-28-17(12-26)14-27-16/h13-15,18-23,29H,2-11H2,1H3/t15-,18-,19+,20-,21-,22+,23-,25+/m1/s1. The van der Waals surface area contributed by atoms with Gasteiger partial charge in [-0.2, -0.15) is 5.26 Å². The third-order valence-electron chi connectivity index (χ3n) is 9.49. The van der Waals surface area contributed by atoms with Crippen LogP contribution in [0.1, 0.15) is 76.1 Å². The molecular weight excluding hydrogens is 374 g/mol. The molecule has 0 bridgehead atoms. The molecule has 0 aliphatic heterocycles. The Hall–Kier alpha value is -1.80. The number of hydrogen-bond donors (Lipinski definition) is 1. The predicted molar refractivity (Wildman–Crippen MR) is 112 cm³/mol. The summed E-state index contributed by atoms with van der Waals surface area (Å²) in [4.78, 5) is 21.7. The number of carbonyl (C=O) groups is 1. The zero-order chi connectivity index (χ0) is 20.9. The van der Waals surface area contributed by atoms with Crippen LogP contribution in [-0.2, 0) is 11.2 Å². The van der Waals surface area contributed by atoms with Crippen LogP contribution in [0, 0.1) is 52.3 Å². The lowest BCUT2D eigenvalue weighted by Gasteiger charge is -2.56. The fourth-order valence-corrected chi connectivity index (χ4v) is 8.16. The molecule has 5 nitrogen and oxygen atoms in total. The molecule has 0 radical (unpaired) electrons. The van der Waals surface area contributed by atoms with Crippen molar-refractivity contribution < 1.29 is 9.90 Å². The molecule has 1 N–H and O–H groups in total. The van der Waals surface area contributed by atoms with Gasteiger partial charge in [-0.25, -0.2) is 4.98 Å². The minimum Gasteiger partial charge on any atom is -0.393 e. The van der Waals surface area contributed by atoms with E-state index in [0.29, 0.717) is 29.5 Å². The molecule has 1 heterocycles. The lowest BCUT2D eigenvalue weighted by molar-refractivity contribution is -0.130. The zero-order valence-corrected chi connectivity index (χ0v) is 18.0.